The molecule has 4 aromatic rings. The zero-order valence-corrected chi connectivity index (χ0v) is 15.8. The maximum Gasteiger partial charge on any atom is 0.272 e. The molecule has 5 heteroatoms. The Morgan fingerprint density at radius 3 is 2.46 bits per heavy atom. The van der Waals surface area contributed by atoms with Crippen LogP contribution in [0, 0.1) is 20.8 Å². The molecule has 0 amide bonds. The van der Waals surface area contributed by atoms with Gasteiger partial charge in [-0.3, -0.25) is 9.36 Å². The molecule has 0 spiro atoms. The monoisotopic (exact) mass is 361 g/mol. The molecule has 130 valence electrons. The molecule has 0 atom stereocenters. The number of fused-ring (bicyclic) bond motifs is 1. The molecule has 0 aliphatic carbocycles. The van der Waals surface area contributed by atoms with Gasteiger partial charge in [-0.1, -0.05) is 35.9 Å². The summed E-state index contributed by atoms with van der Waals surface area (Å²) in [4.78, 5) is 21.9. The van der Waals surface area contributed by atoms with Crippen molar-refractivity contribution in [3.8, 4) is 11.3 Å². The Balaban J connectivity index is 1.76. The highest BCUT2D eigenvalue weighted by Gasteiger charge is 2.11. The minimum atomic E-state index is -0.0600. The predicted octanol–water partition coefficient (Wildman–Crippen LogP) is 4.49. The smallest absolute Gasteiger partial charge is 0.272 e. The highest BCUT2D eigenvalue weighted by molar-refractivity contribution is 7.09. The number of benzene rings is 2. The second kappa shape index (κ2) is 6.50. The average Bonchev–Trinajstić information content (AvgIpc) is 3.09. The predicted molar refractivity (Wildman–Crippen MR) is 107 cm³/mol. The van der Waals surface area contributed by atoms with Crippen LogP contribution in [0.25, 0.3) is 22.3 Å². The van der Waals surface area contributed by atoms with Crippen molar-refractivity contribution >= 4 is 22.4 Å². The molecule has 0 N–H and O–H groups in total. The number of rotatable bonds is 3. The second-order valence-electron chi connectivity index (χ2n) is 6.57. The first-order valence-electron chi connectivity index (χ1n) is 8.50. The van der Waals surface area contributed by atoms with Crippen LogP contribution in [0.3, 0.4) is 0 Å². The van der Waals surface area contributed by atoms with Gasteiger partial charge in [0, 0.05) is 10.9 Å². The van der Waals surface area contributed by atoms with Gasteiger partial charge in [0.15, 0.2) is 0 Å². The lowest BCUT2D eigenvalue weighted by Crippen LogP contribution is -2.24. The van der Waals surface area contributed by atoms with Crippen LogP contribution in [0.15, 0.2) is 52.6 Å². The number of hydrogen-bond acceptors (Lipinski definition) is 4. The molecule has 0 aliphatic rings. The molecule has 0 aliphatic heterocycles. The largest absolute Gasteiger partial charge is 0.298 e. The minimum absolute atomic E-state index is 0.0600. The van der Waals surface area contributed by atoms with Crippen LogP contribution in [-0.2, 0) is 6.54 Å². The van der Waals surface area contributed by atoms with Crippen molar-refractivity contribution in [1.82, 2.24) is 14.5 Å². The number of hydrogen-bond donors (Lipinski definition) is 0. The van der Waals surface area contributed by atoms with Gasteiger partial charge in [0.05, 0.1) is 23.3 Å². The molecule has 0 saturated heterocycles. The number of nitrogens with zero attached hydrogens (tertiary/aromatic N) is 3. The fourth-order valence-corrected chi connectivity index (χ4v) is 3.80. The van der Waals surface area contributed by atoms with Crippen LogP contribution < -0.4 is 5.56 Å². The summed E-state index contributed by atoms with van der Waals surface area (Å²) in [6.07, 6.45) is 0. The first-order valence-corrected chi connectivity index (χ1v) is 9.38. The van der Waals surface area contributed by atoms with Crippen molar-refractivity contribution in [3.05, 3.63) is 80.0 Å². The van der Waals surface area contributed by atoms with Gasteiger partial charge in [-0.05, 0) is 38.5 Å². The van der Waals surface area contributed by atoms with E-state index >= 15 is 0 Å². The van der Waals surface area contributed by atoms with Gasteiger partial charge in [-0.2, -0.15) is 0 Å². The molecular formula is C21H19N3OS. The van der Waals surface area contributed by atoms with Crippen LogP contribution in [-0.4, -0.2) is 14.5 Å². The molecule has 2 aromatic heterocycles. The van der Waals surface area contributed by atoms with Crippen molar-refractivity contribution in [2.75, 3.05) is 0 Å². The molecule has 4 rings (SSSR count). The normalized spacial score (nSPS) is 11.2. The summed E-state index contributed by atoms with van der Waals surface area (Å²) in [5.41, 5.74) is 6.52. The number of thiazole rings is 1. The van der Waals surface area contributed by atoms with E-state index < -0.39 is 0 Å². The van der Waals surface area contributed by atoms with E-state index in [1.54, 1.807) is 22.8 Å². The van der Waals surface area contributed by atoms with Crippen molar-refractivity contribution in [3.63, 3.8) is 0 Å². The fraction of sp³-hybridized carbons (Fsp3) is 0.190. The van der Waals surface area contributed by atoms with Gasteiger partial charge in [-0.25, -0.2) is 9.97 Å². The van der Waals surface area contributed by atoms with Gasteiger partial charge in [0.2, 0.25) is 0 Å². The van der Waals surface area contributed by atoms with Crippen molar-refractivity contribution in [2.24, 2.45) is 0 Å². The molecule has 0 bridgehead atoms. The van der Waals surface area contributed by atoms with Gasteiger partial charge in [0.25, 0.3) is 5.56 Å². The Morgan fingerprint density at radius 2 is 1.69 bits per heavy atom. The van der Waals surface area contributed by atoms with Crippen LogP contribution in [0.4, 0.5) is 0 Å². The Kier molecular flexibility index (Phi) is 4.17. The zero-order valence-electron chi connectivity index (χ0n) is 15.0. The summed E-state index contributed by atoms with van der Waals surface area (Å²) >= 11 is 1.58. The molecule has 0 fully saturated rings. The minimum Gasteiger partial charge on any atom is -0.298 e. The highest BCUT2D eigenvalue weighted by Crippen LogP contribution is 2.23. The summed E-state index contributed by atoms with van der Waals surface area (Å²) in [5, 5.41) is 2.96. The topological polar surface area (TPSA) is 47.8 Å². The maximum absolute atomic E-state index is 12.7. The van der Waals surface area contributed by atoms with Gasteiger partial charge in [0.1, 0.15) is 10.7 Å². The van der Waals surface area contributed by atoms with E-state index in [2.05, 4.69) is 36.2 Å². The van der Waals surface area contributed by atoms with Crippen LogP contribution >= 0.6 is 11.3 Å². The maximum atomic E-state index is 12.7. The first-order chi connectivity index (χ1) is 12.5. The lowest BCUT2D eigenvalue weighted by molar-refractivity contribution is 0.771. The second-order valence-corrected chi connectivity index (χ2v) is 7.52. The Morgan fingerprint density at radius 1 is 0.962 bits per heavy atom. The number of aromatic nitrogens is 3. The third-order valence-electron chi connectivity index (χ3n) is 4.46. The Hall–Kier alpha value is -2.79. The van der Waals surface area contributed by atoms with Crippen molar-refractivity contribution in [1.29, 1.82) is 0 Å². The van der Waals surface area contributed by atoms with Gasteiger partial charge < -0.3 is 0 Å². The summed E-state index contributed by atoms with van der Waals surface area (Å²) in [5.74, 6) is 0. The first kappa shape index (κ1) is 16.7. The van der Waals surface area contributed by atoms with E-state index in [9.17, 15) is 4.79 Å². The third-order valence-corrected chi connectivity index (χ3v) is 5.29. The van der Waals surface area contributed by atoms with Crippen LogP contribution in [0.1, 0.15) is 21.8 Å². The quantitative estimate of drug-likeness (QED) is 0.540. The van der Waals surface area contributed by atoms with Gasteiger partial charge in [-0.15, -0.1) is 11.3 Å². The van der Waals surface area contributed by atoms with Crippen molar-refractivity contribution < 1.29 is 0 Å². The van der Waals surface area contributed by atoms with Crippen molar-refractivity contribution in [2.45, 2.75) is 27.3 Å². The standard InChI is InChI=1S/C21H19N3OS/c1-13-4-7-16(8-5-13)18-12-26-20(23-18)11-24-19-10-14(2)6-9-17(19)22-15(3)21(24)25/h4-10,12H,11H2,1-3H3. The fourth-order valence-electron chi connectivity index (χ4n) is 3.01. The average molecular weight is 361 g/mol. The highest BCUT2D eigenvalue weighted by atomic mass is 32.1. The van der Waals surface area contributed by atoms with Crippen LogP contribution in [0.5, 0.6) is 0 Å². The molecule has 26 heavy (non-hydrogen) atoms. The molecule has 0 radical (unpaired) electrons. The van der Waals surface area contributed by atoms with Gasteiger partial charge >= 0.3 is 0 Å². The molecule has 0 unspecified atom stereocenters. The van der Waals surface area contributed by atoms with Crippen LogP contribution in [0.2, 0.25) is 0 Å². The van der Waals surface area contributed by atoms with E-state index in [0.29, 0.717) is 12.2 Å². The number of aryl methyl sites for hydroxylation is 3. The van der Waals surface area contributed by atoms with E-state index in [4.69, 9.17) is 4.98 Å². The molecule has 2 aromatic carbocycles. The van der Waals surface area contributed by atoms with E-state index in [-0.39, 0.29) is 5.56 Å². The lowest BCUT2D eigenvalue weighted by atomic mass is 10.1. The Labute approximate surface area is 155 Å². The summed E-state index contributed by atoms with van der Waals surface area (Å²) in [6.45, 7) is 6.31. The summed E-state index contributed by atoms with van der Waals surface area (Å²) in [6, 6.07) is 14.3. The molecule has 2 heterocycles. The van der Waals surface area contributed by atoms with E-state index in [0.717, 1.165) is 32.9 Å². The summed E-state index contributed by atoms with van der Waals surface area (Å²) in [7, 11) is 0. The molecule has 0 saturated carbocycles. The molecular weight excluding hydrogens is 342 g/mol. The third kappa shape index (κ3) is 3.06. The molecule has 4 nitrogen and oxygen atoms in total. The lowest BCUT2D eigenvalue weighted by Gasteiger charge is -2.10. The van der Waals surface area contributed by atoms with E-state index in [1.807, 2.05) is 30.5 Å². The van der Waals surface area contributed by atoms with E-state index in [1.165, 1.54) is 5.56 Å². The summed E-state index contributed by atoms with van der Waals surface area (Å²) < 4.78 is 1.78. The zero-order chi connectivity index (χ0) is 18.3. The Bertz CT molecular complexity index is 1160. The SMILES string of the molecule is Cc1ccc(-c2csc(Cn3c(=O)c(C)nc4ccc(C)cc43)n2)cc1.